The Morgan fingerprint density at radius 1 is 1.35 bits per heavy atom. The average Bonchev–Trinajstić information content (AvgIpc) is 2.41. The summed E-state index contributed by atoms with van der Waals surface area (Å²) in [6.45, 7) is 8.02. The number of ether oxygens (including phenoxy) is 1. The molecule has 0 aromatic rings. The summed E-state index contributed by atoms with van der Waals surface area (Å²) in [7, 11) is 0. The van der Waals surface area contributed by atoms with Crippen LogP contribution in [0.2, 0.25) is 0 Å². The molecule has 0 N–H and O–H groups in total. The zero-order chi connectivity index (χ0) is 15.5. The summed E-state index contributed by atoms with van der Waals surface area (Å²) < 4.78 is 4.79. The van der Waals surface area contributed by atoms with Crippen molar-refractivity contribution in [2.75, 3.05) is 6.61 Å². The van der Waals surface area contributed by atoms with Gasteiger partial charge in [0.1, 0.15) is 6.42 Å². The second kappa shape index (κ2) is 10.7. The van der Waals surface area contributed by atoms with E-state index in [0.717, 1.165) is 23.4 Å². The molecule has 1 aliphatic rings. The standard InChI is InChI=1S/C14H19ClO3.C2H6/c1-3-18-14(17)9-13(16)12-6-4-5-11(15)8-7-10(12)2;1-2/h5-6,10H,3-4,7-9H2,1-2H3;1-2H3/b11-5+,12-6+;. The van der Waals surface area contributed by atoms with E-state index in [1.807, 2.05) is 32.9 Å². The number of hydrogen-bond acceptors (Lipinski definition) is 3. The second-order valence-corrected chi connectivity index (χ2v) is 4.88. The van der Waals surface area contributed by atoms with Crippen LogP contribution in [0.3, 0.4) is 0 Å². The first kappa shape index (κ1) is 18.9. The highest BCUT2D eigenvalue weighted by Crippen LogP contribution is 2.26. The Bertz CT molecular complexity index is 383. The Kier molecular flexibility index (Phi) is 10.1. The third-order valence-corrected chi connectivity index (χ3v) is 3.30. The van der Waals surface area contributed by atoms with Gasteiger partial charge in [-0.1, -0.05) is 44.5 Å². The summed E-state index contributed by atoms with van der Waals surface area (Å²) in [6, 6.07) is 0. The molecular formula is C16H25ClO3. The van der Waals surface area contributed by atoms with Gasteiger partial charge in [-0.2, -0.15) is 0 Å². The highest BCUT2D eigenvalue weighted by atomic mass is 35.5. The molecule has 0 saturated heterocycles. The number of ketones is 1. The third kappa shape index (κ3) is 6.90. The molecule has 0 aromatic carbocycles. The number of hydrogen-bond donors (Lipinski definition) is 0. The molecule has 0 amide bonds. The molecule has 0 saturated carbocycles. The van der Waals surface area contributed by atoms with Crippen molar-refractivity contribution in [3.8, 4) is 0 Å². The van der Waals surface area contributed by atoms with Crippen molar-refractivity contribution in [1.29, 1.82) is 0 Å². The zero-order valence-corrected chi connectivity index (χ0v) is 13.6. The minimum Gasteiger partial charge on any atom is -0.466 e. The van der Waals surface area contributed by atoms with Crippen LogP contribution in [0.1, 0.15) is 53.4 Å². The summed E-state index contributed by atoms with van der Waals surface area (Å²) in [5.41, 5.74) is 0.725. The quantitative estimate of drug-likeness (QED) is 0.571. The summed E-state index contributed by atoms with van der Waals surface area (Å²) in [5.74, 6) is -0.451. The highest BCUT2D eigenvalue weighted by Gasteiger charge is 2.20. The Hall–Kier alpha value is -1.09. The fourth-order valence-electron chi connectivity index (χ4n) is 1.96. The van der Waals surface area contributed by atoms with Gasteiger partial charge in [0.25, 0.3) is 0 Å². The molecule has 0 bridgehead atoms. The molecule has 0 aromatic heterocycles. The highest BCUT2D eigenvalue weighted by molar-refractivity contribution is 6.29. The lowest BCUT2D eigenvalue weighted by molar-refractivity contribution is -0.145. The van der Waals surface area contributed by atoms with Gasteiger partial charge in [0.05, 0.1) is 6.61 Å². The average molecular weight is 301 g/mol. The molecule has 1 unspecified atom stereocenters. The maximum Gasteiger partial charge on any atom is 0.313 e. The Morgan fingerprint density at radius 2 is 2.00 bits per heavy atom. The lowest BCUT2D eigenvalue weighted by Crippen LogP contribution is -2.17. The van der Waals surface area contributed by atoms with Crippen LogP contribution >= 0.6 is 11.6 Å². The summed E-state index contributed by atoms with van der Waals surface area (Å²) in [5, 5.41) is 0.843. The minimum absolute atomic E-state index is 0.132. The first-order valence-electron chi connectivity index (χ1n) is 7.28. The first-order chi connectivity index (χ1) is 9.54. The van der Waals surface area contributed by atoms with Crippen molar-refractivity contribution in [1.82, 2.24) is 0 Å². The minimum atomic E-state index is -0.453. The molecule has 0 spiro atoms. The lowest BCUT2D eigenvalue weighted by Gasteiger charge is -2.16. The maximum atomic E-state index is 12.0. The molecule has 1 atom stereocenters. The number of Topliss-reactive ketones (excluding diaryl/α,β-unsaturated/α-hetero) is 1. The SMILES string of the molecule is CC.CCOC(=O)CC(=O)/C1=C/C/C=C(/Cl)CCC1C. The largest absolute Gasteiger partial charge is 0.466 e. The van der Waals surface area contributed by atoms with Gasteiger partial charge in [-0.05, 0) is 37.7 Å². The number of carbonyl (C=O) groups is 2. The molecule has 3 nitrogen and oxygen atoms in total. The topological polar surface area (TPSA) is 43.4 Å². The Labute approximate surface area is 127 Å². The van der Waals surface area contributed by atoms with Crippen LogP contribution in [0.25, 0.3) is 0 Å². The molecule has 4 heteroatoms. The van der Waals surface area contributed by atoms with Crippen molar-refractivity contribution < 1.29 is 14.3 Å². The van der Waals surface area contributed by atoms with Crippen LogP contribution < -0.4 is 0 Å². The van der Waals surface area contributed by atoms with E-state index in [-0.39, 0.29) is 18.1 Å². The molecule has 20 heavy (non-hydrogen) atoms. The Morgan fingerprint density at radius 3 is 2.60 bits per heavy atom. The van der Waals surface area contributed by atoms with E-state index >= 15 is 0 Å². The number of carbonyl (C=O) groups excluding carboxylic acids is 2. The molecule has 0 fully saturated rings. The molecule has 1 aliphatic carbocycles. The fourth-order valence-corrected chi connectivity index (χ4v) is 2.16. The van der Waals surface area contributed by atoms with Crippen molar-refractivity contribution >= 4 is 23.4 Å². The van der Waals surface area contributed by atoms with Crippen molar-refractivity contribution in [2.45, 2.75) is 53.4 Å². The lowest BCUT2D eigenvalue weighted by atomic mass is 9.89. The van der Waals surface area contributed by atoms with Gasteiger partial charge < -0.3 is 4.74 Å². The van der Waals surface area contributed by atoms with E-state index in [1.165, 1.54) is 0 Å². The first-order valence-corrected chi connectivity index (χ1v) is 7.65. The van der Waals surface area contributed by atoms with Gasteiger partial charge in [-0.25, -0.2) is 0 Å². The molecule has 0 radical (unpaired) electrons. The van der Waals surface area contributed by atoms with Crippen LogP contribution in [-0.4, -0.2) is 18.4 Å². The van der Waals surface area contributed by atoms with Gasteiger partial charge >= 0.3 is 5.97 Å². The van der Waals surface area contributed by atoms with E-state index in [1.54, 1.807) is 6.92 Å². The Balaban J connectivity index is 0.00000172. The van der Waals surface area contributed by atoms with Crippen LogP contribution in [-0.2, 0) is 14.3 Å². The normalized spacial score (nSPS) is 23.8. The van der Waals surface area contributed by atoms with Gasteiger partial charge in [0, 0.05) is 5.03 Å². The molecular weight excluding hydrogens is 276 g/mol. The molecule has 0 aliphatic heterocycles. The van der Waals surface area contributed by atoms with E-state index in [0.29, 0.717) is 13.0 Å². The molecule has 1 rings (SSSR count). The second-order valence-electron chi connectivity index (χ2n) is 4.39. The van der Waals surface area contributed by atoms with E-state index < -0.39 is 5.97 Å². The number of esters is 1. The van der Waals surface area contributed by atoms with E-state index in [4.69, 9.17) is 16.3 Å². The van der Waals surface area contributed by atoms with Gasteiger partial charge in [0.15, 0.2) is 5.78 Å². The van der Waals surface area contributed by atoms with Crippen LogP contribution in [0.15, 0.2) is 22.8 Å². The summed E-state index contributed by atoms with van der Waals surface area (Å²) in [4.78, 5) is 23.3. The fraction of sp³-hybridized carbons (Fsp3) is 0.625. The monoisotopic (exact) mass is 300 g/mol. The zero-order valence-electron chi connectivity index (χ0n) is 12.9. The van der Waals surface area contributed by atoms with Crippen molar-refractivity contribution in [2.24, 2.45) is 5.92 Å². The maximum absolute atomic E-state index is 12.0. The van der Waals surface area contributed by atoms with Crippen LogP contribution in [0, 0.1) is 5.92 Å². The van der Waals surface area contributed by atoms with Gasteiger partial charge in [-0.3, -0.25) is 9.59 Å². The predicted molar refractivity (Wildman–Crippen MR) is 82.6 cm³/mol. The van der Waals surface area contributed by atoms with E-state index in [9.17, 15) is 9.59 Å². The summed E-state index contributed by atoms with van der Waals surface area (Å²) in [6.07, 6.45) is 5.87. The third-order valence-electron chi connectivity index (χ3n) is 2.96. The predicted octanol–water partition coefficient (Wildman–Crippen LogP) is 4.40. The number of halogens is 1. The van der Waals surface area contributed by atoms with Crippen molar-refractivity contribution in [3.63, 3.8) is 0 Å². The molecule has 114 valence electrons. The number of allylic oxidation sites excluding steroid dienone is 4. The number of rotatable bonds is 4. The molecule has 0 heterocycles. The van der Waals surface area contributed by atoms with Crippen LogP contribution in [0.4, 0.5) is 0 Å². The smallest absolute Gasteiger partial charge is 0.313 e. The summed E-state index contributed by atoms with van der Waals surface area (Å²) >= 11 is 5.98. The van der Waals surface area contributed by atoms with Crippen LogP contribution in [0.5, 0.6) is 0 Å². The van der Waals surface area contributed by atoms with Gasteiger partial charge in [-0.15, -0.1) is 0 Å². The van der Waals surface area contributed by atoms with E-state index in [2.05, 4.69) is 0 Å². The van der Waals surface area contributed by atoms with Gasteiger partial charge in [0.2, 0.25) is 0 Å². The van der Waals surface area contributed by atoms with Crippen molar-refractivity contribution in [3.05, 3.63) is 22.8 Å².